The van der Waals surface area contributed by atoms with Crippen LogP contribution in [-0.2, 0) is 29.6 Å². The number of nitrogens with zero attached hydrogens (tertiary/aromatic N) is 3. The van der Waals surface area contributed by atoms with E-state index in [0.717, 1.165) is 69.6 Å². The Morgan fingerprint density at radius 1 is 1.10 bits per heavy atom. The fourth-order valence-corrected chi connectivity index (χ4v) is 5.94. The normalized spacial score (nSPS) is 14.2. The van der Waals surface area contributed by atoms with Crippen molar-refractivity contribution in [2.75, 3.05) is 11.0 Å². The van der Waals surface area contributed by atoms with Crippen LogP contribution in [0.5, 0.6) is 5.75 Å². The number of allylic oxidation sites excluding steroid dienone is 1. The molecule has 0 amide bonds. The largest absolute Gasteiger partial charge is 0.488 e. The van der Waals surface area contributed by atoms with E-state index in [2.05, 4.69) is 44.6 Å². The molecule has 0 unspecified atom stereocenters. The number of fused-ring (bicyclic) bond motifs is 3. The molecule has 0 atom stereocenters. The average molecular weight is 572 g/mol. The first-order chi connectivity index (χ1) is 19.7. The second kappa shape index (κ2) is 10.4. The highest BCUT2D eigenvalue weighted by Crippen LogP contribution is 2.40. The molecule has 0 spiro atoms. The van der Waals surface area contributed by atoms with E-state index in [9.17, 15) is 13.2 Å². The van der Waals surface area contributed by atoms with Gasteiger partial charge in [-0.1, -0.05) is 48.5 Å². The molecule has 0 fully saturated rings. The van der Waals surface area contributed by atoms with Crippen LogP contribution in [0.1, 0.15) is 54.2 Å². The number of ether oxygens (including phenoxy) is 1. The summed E-state index contributed by atoms with van der Waals surface area (Å²) in [7, 11) is -3.46. The first-order valence-corrected chi connectivity index (χ1v) is 15.2. The maximum atomic E-state index is 12.0. The molecule has 6 rings (SSSR count). The zero-order valence-electron chi connectivity index (χ0n) is 22.9. The van der Waals surface area contributed by atoms with Crippen LogP contribution in [-0.4, -0.2) is 34.4 Å². The van der Waals surface area contributed by atoms with Crippen molar-refractivity contribution in [2.45, 2.75) is 39.8 Å². The third-order valence-electron chi connectivity index (χ3n) is 7.12. The lowest BCUT2D eigenvalue weighted by Gasteiger charge is -2.15. The highest BCUT2D eigenvalue weighted by Gasteiger charge is 2.24. The number of aromatic amines is 1. The number of aryl methyl sites for hydroxylation is 1. The minimum atomic E-state index is -3.46. The molecule has 3 heterocycles. The standard InChI is InChI=1S/C30H29N5O5S/c1-4-8-26-31-28-23(34-41(3,37)38)10-7-11-24(28)35(26)16-19-13-14-21-20(15-19)17-39-25-12-6-5-9-22(25)27(21)18(2)29-32-30(36)40-33-29/h5-7,9-15,34H,4,8,16-17H2,1-3H3,(H,32,33,36)/b27-18-. The quantitative estimate of drug-likeness (QED) is 0.282. The van der Waals surface area contributed by atoms with Crippen LogP contribution in [0, 0.1) is 0 Å². The summed E-state index contributed by atoms with van der Waals surface area (Å²) in [5.74, 6) is 1.38. The van der Waals surface area contributed by atoms with Crippen molar-refractivity contribution in [3.63, 3.8) is 0 Å². The van der Waals surface area contributed by atoms with Crippen molar-refractivity contribution in [3.8, 4) is 5.75 Å². The van der Waals surface area contributed by atoms with Gasteiger partial charge in [-0.2, -0.15) is 0 Å². The summed E-state index contributed by atoms with van der Waals surface area (Å²) in [4.78, 5) is 19.2. The van der Waals surface area contributed by atoms with Crippen molar-refractivity contribution in [1.82, 2.24) is 19.7 Å². The summed E-state index contributed by atoms with van der Waals surface area (Å²) in [6, 6.07) is 19.6. The van der Waals surface area contributed by atoms with E-state index in [4.69, 9.17) is 14.2 Å². The zero-order valence-corrected chi connectivity index (χ0v) is 23.7. The summed E-state index contributed by atoms with van der Waals surface area (Å²) < 4.78 is 39.7. The Labute approximate surface area is 236 Å². The van der Waals surface area contributed by atoms with Crippen LogP contribution >= 0.6 is 0 Å². The van der Waals surface area contributed by atoms with E-state index in [1.165, 1.54) is 0 Å². The highest BCUT2D eigenvalue weighted by molar-refractivity contribution is 7.92. The van der Waals surface area contributed by atoms with Crippen molar-refractivity contribution in [3.05, 3.63) is 105 Å². The van der Waals surface area contributed by atoms with Crippen LogP contribution in [0.3, 0.4) is 0 Å². The molecule has 3 aromatic carbocycles. The number of aromatic nitrogens is 4. The van der Waals surface area contributed by atoms with Crippen molar-refractivity contribution < 1.29 is 17.7 Å². The molecule has 10 nitrogen and oxygen atoms in total. The molecule has 0 saturated carbocycles. The van der Waals surface area contributed by atoms with Crippen molar-refractivity contribution in [1.29, 1.82) is 0 Å². The molecule has 0 saturated heterocycles. The molecule has 210 valence electrons. The third-order valence-corrected chi connectivity index (χ3v) is 7.71. The molecular weight excluding hydrogens is 542 g/mol. The predicted octanol–water partition coefficient (Wildman–Crippen LogP) is 4.96. The van der Waals surface area contributed by atoms with Crippen LogP contribution in [0.2, 0.25) is 0 Å². The second-order valence-electron chi connectivity index (χ2n) is 10.1. The van der Waals surface area contributed by atoms with Crippen LogP contribution in [0.25, 0.3) is 22.2 Å². The van der Waals surface area contributed by atoms with E-state index in [1.54, 1.807) is 6.07 Å². The number of rotatable bonds is 7. The van der Waals surface area contributed by atoms with Crippen LogP contribution in [0.4, 0.5) is 5.69 Å². The Kier molecular flexibility index (Phi) is 6.74. The number of para-hydroxylation sites is 2. The van der Waals surface area contributed by atoms with Gasteiger partial charge in [0.25, 0.3) is 0 Å². The Bertz CT molecular complexity index is 1980. The first-order valence-electron chi connectivity index (χ1n) is 13.3. The smallest absolute Gasteiger partial charge is 0.439 e. The molecule has 1 aliphatic heterocycles. The monoisotopic (exact) mass is 571 g/mol. The summed E-state index contributed by atoms with van der Waals surface area (Å²) in [5.41, 5.74) is 7.51. The fraction of sp³-hybridized carbons (Fsp3) is 0.233. The third kappa shape index (κ3) is 5.16. The highest BCUT2D eigenvalue weighted by atomic mass is 32.2. The number of hydrogen-bond donors (Lipinski definition) is 2. The molecule has 0 bridgehead atoms. The Hall–Kier alpha value is -4.64. The van der Waals surface area contributed by atoms with Gasteiger partial charge in [0.2, 0.25) is 10.0 Å². The van der Waals surface area contributed by atoms with Crippen molar-refractivity contribution >= 4 is 37.9 Å². The number of anilines is 1. The maximum Gasteiger partial charge on any atom is 0.439 e. The molecular formula is C30H29N5O5S. The second-order valence-corrected chi connectivity index (χ2v) is 11.9. The number of sulfonamides is 1. The average Bonchev–Trinajstić information content (AvgIpc) is 3.47. The SMILES string of the molecule is CCCc1nc2c(NS(C)(=O)=O)cccc2n1Cc1ccc2c(c1)COc1ccccc1/C2=C(/C)c1noc(=O)[nH]1. The lowest BCUT2D eigenvalue weighted by molar-refractivity contribution is 0.307. The molecule has 1 aliphatic rings. The summed E-state index contributed by atoms with van der Waals surface area (Å²) in [6.07, 6.45) is 2.78. The minimum absolute atomic E-state index is 0.362. The van der Waals surface area contributed by atoms with Crippen LogP contribution in [0.15, 0.2) is 70.0 Å². The Morgan fingerprint density at radius 3 is 2.68 bits per heavy atom. The Balaban J connectivity index is 1.46. The molecule has 41 heavy (non-hydrogen) atoms. The van der Waals surface area contributed by atoms with E-state index in [1.807, 2.05) is 43.3 Å². The van der Waals surface area contributed by atoms with E-state index >= 15 is 0 Å². The minimum Gasteiger partial charge on any atom is -0.488 e. The van der Waals surface area contributed by atoms with Gasteiger partial charge >= 0.3 is 5.76 Å². The van der Waals surface area contributed by atoms with Gasteiger partial charge in [0.05, 0.1) is 17.5 Å². The summed E-state index contributed by atoms with van der Waals surface area (Å²) >= 11 is 0. The van der Waals surface area contributed by atoms with E-state index in [-0.39, 0.29) is 0 Å². The predicted molar refractivity (Wildman–Crippen MR) is 157 cm³/mol. The number of benzene rings is 3. The molecule has 2 aromatic heterocycles. The molecule has 0 aliphatic carbocycles. The lowest BCUT2D eigenvalue weighted by Crippen LogP contribution is -2.10. The van der Waals surface area contributed by atoms with Gasteiger partial charge in [0.15, 0.2) is 5.82 Å². The number of imidazole rings is 1. The molecule has 0 radical (unpaired) electrons. The summed E-state index contributed by atoms with van der Waals surface area (Å²) in [5, 5.41) is 3.93. The summed E-state index contributed by atoms with van der Waals surface area (Å²) in [6.45, 7) is 4.90. The van der Waals surface area contributed by atoms with E-state index in [0.29, 0.717) is 30.2 Å². The lowest BCUT2D eigenvalue weighted by atomic mass is 9.89. The molecule has 5 aromatic rings. The van der Waals surface area contributed by atoms with Gasteiger partial charge in [0, 0.05) is 24.1 Å². The topological polar surface area (TPSA) is 132 Å². The van der Waals surface area contributed by atoms with Crippen molar-refractivity contribution in [2.24, 2.45) is 0 Å². The number of H-pyrrole nitrogens is 1. The molecule has 2 N–H and O–H groups in total. The van der Waals surface area contributed by atoms with Gasteiger partial charge in [-0.05, 0) is 59.9 Å². The van der Waals surface area contributed by atoms with Crippen LogP contribution < -0.4 is 15.2 Å². The fourth-order valence-electron chi connectivity index (χ4n) is 5.37. The number of nitrogens with one attached hydrogen (secondary N) is 2. The Morgan fingerprint density at radius 2 is 1.93 bits per heavy atom. The van der Waals surface area contributed by atoms with E-state index < -0.39 is 15.8 Å². The maximum absolute atomic E-state index is 12.0. The zero-order chi connectivity index (χ0) is 28.7. The van der Waals surface area contributed by atoms with Gasteiger partial charge in [-0.15, -0.1) is 0 Å². The van der Waals surface area contributed by atoms with Gasteiger partial charge in [-0.3, -0.25) is 14.2 Å². The van der Waals surface area contributed by atoms with Gasteiger partial charge in [-0.25, -0.2) is 18.2 Å². The first kappa shape index (κ1) is 26.6. The van der Waals surface area contributed by atoms with Gasteiger partial charge < -0.3 is 9.30 Å². The molecule has 11 heteroatoms. The van der Waals surface area contributed by atoms with Gasteiger partial charge in [0.1, 0.15) is 23.7 Å². The number of hydrogen-bond acceptors (Lipinski definition) is 7.